The standard InChI is InChI=1S/C35H30ClF7O4/c1-2-11-44-19-45-17-20-3-10-32(46-18-20)23-14-30(40)34(31(41)15-23)35(42,43)47-25-8-9-26(27(36)16-25)22-12-28(38)33(29(39)13-22)21-4-6-24(37)7-5-21/h4-9,12-16,20,32H,2-3,10-11,17-19H2,1H3. The zero-order valence-electron chi connectivity index (χ0n) is 25.1. The molecule has 1 saturated heterocycles. The van der Waals surface area contributed by atoms with E-state index in [2.05, 4.69) is 4.74 Å². The minimum atomic E-state index is -4.46. The third-order valence-corrected chi connectivity index (χ3v) is 7.95. The average molecular weight is 683 g/mol. The minimum absolute atomic E-state index is 0.0216. The van der Waals surface area contributed by atoms with Crippen LogP contribution >= 0.6 is 11.6 Å². The summed E-state index contributed by atoms with van der Waals surface area (Å²) in [5.74, 6) is -6.07. The number of halogens is 8. The van der Waals surface area contributed by atoms with Gasteiger partial charge in [0, 0.05) is 18.1 Å². The fourth-order valence-corrected chi connectivity index (χ4v) is 5.63. The number of hydrogen-bond donors (Lipinski definition) is 0. The molecule has 0 amide bonds. The van der Waals surface area contributed by atoms with Gasteiger partial charge in [0.2, 0.25) is 0 Å². The van der Waals surface area contributed by atoms with Crippen LogP contribution in [0, 0.1) is 35.0 Å². The van der Waals surface area contributed by atoms with E-state index in [9.17, 15) is 13.2 Å². The van der Waals surface area contributed by atoms with Gasteiger partial charge in [-0.05, 0) is 90.6 Å². The second kappa shape index (κ2) is 15.1. The molecule has 1 aliphatic heterocycles. The Morgan fingerprint density at radius 2 is 1.49 bits per heavy atom. The number of alkyl halides is 2. The molecule has 0 aromatic heterocycles. The maximum Gasteiger partial charge on any atom is 0.432 e. The van der Waals surface area contributed by atoms with Crippen molar-refractivity contribution in [3.8, 4) is 28.0 Å². The van der Waals surface area contributed by atoms with Crippen molar-refractivity contribution in [2.45, 2.75) is 38.4 Å². The van der Waals surface area contributed by atoms with E-state index in [1.165, 1.54) is 18.2 Å². The van der Waals surface area contributed by atoms with E-state index in [0.29, 0.717) is 26.1 Å². The molecule has 1 heterocycles. The quantitative estimate of drug-likeness (QED) is 0.0847. The third kappa shape index (κ3) is 8.27. The first kappa shape index (κ1) is 34.7. The van der Waals surface area contributed by atoms with Gasteiger partial charge in [0.15, 0.2) is 0 Å². The first-order valence-electron chi connectivity index (χ1n) is 14.8. The van der Waals surface area contributed by atoms with Crippen molar-refractivity contribution in [2.24, 2.45) is 5.92 Å². The Hall–Kier alpha value is -3.64. The summed E-state index contributed by atoms with van der Waals surface area (Å²) in [6, 6.07) is 11.2. The second-order valence-corrected chi connectivity index (χ2v) is 11.5. The smallest absolute Gasteiger partial charge is 0.429 e. The molecule has 5 rings (SSSR count). The predicted octanol–water partition coefficient (Wildman–Crippen LogP) is 10.4. The van der Waals surface area contributed by atoms with Gasteiger partial charge in [0.05, 0.1) is 29.9 Å². The molecule has 0 bridgehead atoms. The lowest BCUT2D eigenvalue weighted by Gasteiger charge is -2.29. The lowest BCUT2D eigenvalue weighted by atomic mass is 9.94. The van der Waals surface area contributed by atoms with E-state index in [4.69, 9.17) is 25.8 Å². The van der Waals surface area contributed by atoms with Crippen molar-refractivity contribution < 1.29 is 49.7 Å². The van der Waals surface area contributed by atoms with Gasteiger partial charge in [0.1, 0.15) is 47.2 Å². The van der Waals surface area contributed by atoms with Gasteiger partial charge >= 0.3 is 6.11 Å². The van der Waals surface area contributed by atoms with Crippen LogP contribution < -0.4 is 4.74 Å². The molecule has 0 saturated carbocycles. The summed E-state index contributed by atoms with van der Waals surface area (Å²) in [6.07, 6.45) is -3.24. The van der Waals surface area contributed by atoms with Crippen molar-refractivity contribution in [1.29, 1.82) is 0 Å². The predicted molar refractivity (Wildman–Crippen MR) is 162 cm³/mol. The zero-order chi connectivity index (χ0) is 33.7. The molecular formula is C35H30ClF7O4. The molecule has 4 nitrogen and oxygen atoms in total. The normalized spacial score (nSPS) is 16.8. The van der Waals surface area contributed by atoms with Crippen LogP contribution in [-0.4, -0.2) is 26.6 Å². The average Bonchev–Trinajstić information content (AvgIpc) is 3.01. The van der Waals surface area contributed by atoms with Crippen molar-refractivity contribution in [3.63, 3.8) is 0 Å². The summed E-state index contributed by atoms with van der Waals surface area (Å²) in [4.78, 5) is 0. The monoisotopic (exact) mass is 682 g/mol. The van der Waals surface area contributed by atoms with Crippen LogP contribution in [0.2, 0.25) is 5.02 Å². The van der Waals surface area contributed by atoms with Crippen LogP contribution in [-0.2, 0) is 20.3 Å². The molecule has 1 aliphatic rings. The maximum atomic E-state index is 15.2. The zero-order valence-corrected chi connectivity index (χ0v) is 25.9. The van der Waals surface area contributed by atoms with Crippen LogP contribution in [0.5, 0.6) is 5.75 Å². The molecule has 0 spiro atoms. The van der Waals surface area contributed by atoms with Gasteiger partial charge in [-0.3, -0.25) is 0 Å². The highest BCUT2D eigenvalue weighted by molar-refractivity contribution is 6.33. The number of hydrogen-bond acceptors (Lipinski definition) is 4. The Morgan fingerprint density at radius 3 is 2.09 bits per heavy atom. The fourth-order valence-electron chi connectivity index (χ4n) is 5.35. The number of ether oxygens (including phenoxy) is 4. The van der Waals surface area contributed by atoms with Crippen molar-refractivity contribution in [3.05, 3.63) is 112 Å². The Labute approximate surface area is 272 Å². The van der Waals surface area contributed by atoms with E-state index in [1.54, 1.807) is 0 Å². The molecule has 2 atom stereocenters. The van der Waals surface area contributed by atoms with Crippen LogP contribution in [0.1, 0.15) is 43.4 Å². The number of benzene rings is 4. The van der Waals surface area contributed by atoms with Gasteiger partial charge in [-0.25, -0.2) is 22.0 Å². The van der Waals surface area contributed by atoms with Gasteiger partial charge in [0.25, 0.3) is 0 Å². The summed E-state index contributed by atoms with van der Waals surface area (Å²) in [6.45, 7) is 3.38. The lowest BCUT2D eigenvalue weighted by molar-refractivity contribution is -0.189. The van der Waals surface area contributed by atoms with Gasteiger partial charge < -0.3 is 18.9 Å². The van der Waals surface area contributed by atoms with E-state index in [1.807, 2.05) is 6.92 Å². The van der Waals surface area contributed by atoms with Gasteiger partial charge in [-0.1, -0.05) is 30.7 Å². The molecule has 4 aromatic carbocycles. The maximum absolute atomic E-state index is 15.2. The minimum Gasteiger partial charge on any atom is -0.429 e. The summed E-state index contributed by atoms with van der Waals surface area (Å²) < 4.78 is 125. The summed E-state index contributed by atoms with van der Waals surface area (Å²) >= 11 is 6.26. The van der Waals surface area contributed by atoms with Crippen molar-refractivity contribution in [1.82, 2.24) is 0 Å². The lowest BCUT2D eigenvalue weighted by Crippen LogP contribution is -2.27. The summed E-state index contributed by atoms with van der Waals surface area (Å²) in [7, 11) is 0. The second-order valence-electron chi connectivity index (χ2n) is 11.1. The Bertz CT molecular complexity index is 1650. The third-order valence-electron chi connectivity index (χ3n) is 7.64. The molecule has 0 N–H and O–H groups in total. The topological polar surface area (TPSA) is 36.9 Å². The Kier molecular flexibility index (Phi) is 11.1. The Balaban J connectivity index is 1.27. The highest BCUT2D eigenvalue weighted by atomic mass is 35.5. The van der Waals surface area contributed by atoms with Crippen LogP contribution in [0.25, 0.3) is 22.3 Å². The van der Waals surface area contributed by atoms with Crippen LogP contribution in [0.15, 0.2) is 66.7 Å². The van der Waals surface area contributed by atoms with E-state index in [-0.39, 0.29) is 46.6 Å². The first-order valence-corrected chi connectivity index (χ1v) is 15.2. The van der Waals surface area contributed by atoms with Gasteiger partial charge in [-0.2, -0.15) is 8.78 Å². The van der Waals surface area contributed by atoms with Gasteiger partial charge in [-0.15, -0.1) is 0 Å². The first-order chi connectivity index (χ1) is 22.5. The SMILES string of the molecule is CCCOCOCC1CCC(c2cc(F)c(C(F)(F)Oc3ccc(-c4cc(F)c(-c5ccc(F)cc5)c(F)c4)c(Cl)c3)c(F)c2)OC1. The molecular weight excluding hydrogens is 653 g/mol. The summed E-state index contributed by atoms with van der Waals surface area (Å²) in [5.41, 5.74) is -1.77. The highest BCUT2D eigenvalue weighted by Crippen LogP contribution is 2.41. The van der Waals surface area contributed by atoms with Crippen molar-refractivity contribution >= 4 is 11.6 Å². The van der Waals surface area contributed by atoms with E-state index in [0.717, 1.165) is 55.0 Å². The van der Waals surface area contributed by atoms with E-state index >= 15 is 17.6 Å². The molecule has 250 valence electrons. The van der Waals surface area contributed by atoms with Crippen LogP contribution in [0.3, 0.4) is 0 Å². The molecule has 4 aromatic rings. The molecule has 1 fully saturated rings. The Morgan fingerprint density at radius 1 is 0.809 bits per heavy atom. The fraction of sp³-hybridized carbons (Fsp3) is 0.314. The highest BCUT2D eigenvalue weighted by Gasteiger charge is 2.42. The molecule has 2 unspecified atom stereocenters. The molecule has 0 radical (unpaired) electrons. The summed E-state index contributed by atoms with van der Waals surface area (Å²) in [5, 5.41) is -0.227. The molecule has 0 aliphatic carbocycles. The van der Waals surface area contributed by atoms with Crippen LogP contribution in [0.4, 0.5) is 30.7 Å². The molecule has 47 heavy (non-hydrogen) atoms. The van der Waals surface area contributed by atoms with Crippen molar-refractivity contribution in [2.75, 3.05) is 26.6 Å². The van der Waals surface area contributed by atoms with E-state index < -0.39 is 58.2 Å². The molecule has 12 heteroatoms. The number of rotatable bonds is 12. The largest absolute Gasteiger partial charge is 0.432 e.